The molecular weight excluding hydrogens is 193 g/mol. The van der Waals surface area contributed by atoms with Gasteiger partial charge in [-0.3, -0.25) is 4.79 Å². The van der Waals surface area contributed by atoms with Gasteiger partial charge in [0.25, 0.3) is 5.56 Å². The number of hydrogen-bond acceptors (Lipinski definition) is 1. The fourth-order valence-corrected chi connectivity index (χ4v) is 1.50. The van der Waals surface area contributed by atoms with Crippen LogP contribution >= 0.6 is 0 Å². The Balaban J connectivity index is 2.64. The number of nitrogens with zero attached hydrogens (tertiary/aromatic N) is 1. The minimum absolute atomic E-state index is 0.100. The van der Waals surface area contributed by atoms with E-state index >= 15 is 0 Å². The van der Waals surface area contributed by atoms with Crippen LogP contribution in [0.1, 0.15) is 0 Å². The topological polar surface area (TPSA) is 22.0 Å². The lowest BCUT2D eigenvalue weighted by molar-refractivity contribution is 0.628. The van der Waals surface area contributed by atoms with Crippen LogP contribution < -0.4 is 5.56 Å². The van der Waals surface area contributed by atoms with E-state index in [1.165, 1.54) is 22.8 Å². The van der Waals surface area contributed by atoms with Gasteiger partial charge < -0.3 is 4.57 Å². The van der Waals surface area contributed by atoms with Gasteiger partial charge >= 0.3 is 0 Å². The first-order chi connectivity index (χ1) is 7.18. The predicted molar refractivity (Wildman–Crippen MR) is 57.1 cm³/mol. The molecule has 0 spiro atoms. The summed E-state index contributed by atoms with van der Waals surface area (Å²) in [5.41, 5.74) is 1.31. The lowest BCUT2D eigenvalue weighted by atomic mass is 10.1. The maximum absolute atomic E-state index is 13.0. The zero-order valence-corrected chi connectivity index (χ0v) is 8.27. The summed E-state index contributed by atoms with van der Waals surface area (Å²) < 4.78 is 14.5. The van der Waals surface area contributed by atoms with Crippen LogP contribution in [0.5, 0.6) is 0 Å². The van der Waals surface area contributed by atoms with Crippen LogP contribution in [0.4, 0.5) is 4.39 Å². The molecule has 0 aliphatic rings. The van der Waals surface area contributed by atoms with Gasteiger partial charge in [0.1, 0.15) is 5.82 Å². The van der Waals surface area contributed by atoms with E-state index in [9.17, 15) is 9.18 Å². The van der Waals surface area contributed by atoms with E-state index in [-0.39, 0.29) is 11.4 Å². The Morgan fingerprint density at radius 1 is 1.13 bits per heavy atom. The van der Waals surface area contributed by atoms with Crippen molar-refractivity contribution in [3.05, 3.63) is 58.6 Å². The van der Waals surface area contributed by atoms with Gasteiger partial charge in [0.2, 0.25) is 0 Å². The first kappa shape index (κ1) is 9.65. The van der Waals surface area contributed by atoms with Gasteiger partial charge in [-0.05, 0) is 18.2 Å². The minimum atomic E-state index is -0.302. The maximum Gasteiger partial charge on any atom is 0.250 e. The Kier molecular flexibility index (Phi) is 2.37. The van der Waals surface area contributed by atoms with Gasteiger partial charge in [-0.25, -0.2) is 4.39 Å². The highest BCUT2D eigenvalue weighted by Crippen LogP contribution is 2.17. The standard InChI is InChI=1S/C12H10FNO/c1-14-11(6-3-7-12(14)15)9-4-2-5-10(13)8-9/h2-8H,1H3. The molecule has 2 aromatic rings. The second-order valence-electron chi connectivity index (χ2n) is 3.32. The van der Waals surface area contributed by atoms with Crippen molar-refractivity contribution in [2.45, 2.75) is 0 Å². The number of hydrogen-bond donors (Lipinski definition) is 0. The van der Waals surface area contributed by atoms with Crippen LogP contribution in [0.2, 0.25) is 0 Å². The molecule has 0 fully saturated rings. The number of halogens is 1. The molecular formula is C12H10FNO. The zero-order chi connectivity index (χ0) is 10.8. The summed E-state index contributed by atoms with van der Waals surface area (Å²) in [5, 5.41) is 0. The average Bonchev–Trinajstić information content (AvgIpc) is 2.22. The molecule has 0 bridgehead atoms. The Morgan fingerprint density at radius 3 is 2.60 bits per heavy atom. The maximum atomic E-state index is 13.0. The molecule has 15 heavy (non-hydrogen) atoms. The smallest absolute Gasteiger partial charge is 0.250 e. The van der Waals surface area contributed by atoms with E-state index in [0.29, 0.717) is 11.3 Å². The van der Waals surface area contributed by atoms with Crippen molar-refractivity contribution in [1.82, 2.24) is 4.57 Å². The van der Waals surface area contributed by atoms with Crippen LogP contribution in [-0.2, 0) is 7.05 Å². The van der Waals surface area contributed by atoms with Gasteiger partial charge in [0.15, 0.2) is 0 Å². The van der Waals surface area contributed by atoms with E-state index in [1.807, 2.05) is 0 Å². The Labute approximate surface area is 86.6 Å². The summed E-state index contributed by atoms with van der Waals surface area (Å²) >= 11 is 0. The molecule has 0 saturated heterocycles. The van der Waals surface area contributed by atoms with Gasteiger partial charge in [0, 0.05) is 18.7 Å². The number of rotatable bonds is 1. The van der Waals surface area contributed by atoms with Crippen LogP contribution in [0.15, 0.2) is 47.3 Å². The van der Waals surface area contributed by atoms with Crippen molar-refractivity contribution in [2.75, 3.05) is 0 Å². The monoisotopic (exact) mass is 203 g/mol. The predicted octanol–water partition coefficient (Wildman–Crippen LogP) is 2.19. The zero-order valence-electron chi connectivity index (χ0n) is 8.27. The Bertz CT molecular complexity index is 545. The van der Waals surface area contributed by atoms with Gasteiger partial charge in [-0.15, -0.1) is 0 Å². The molecule has 1 aromatic carbocycles. The molecule has 0 aliphatic heterocycles. The molecule has 1 heterocycles. The molecule has 1 aromatic heterocycles. The molecule has 2 nitrogen and oxygen atoms in total. The quantitative estimate of drug-likeness (QED) is 0.696. The van der Waals surface area contributed by atoms with Crippen molar-refractivity contribution >= 4 is 0 Å². The highest BCUT2D eigenvalue weighted by Gasteiger charge is 2.02. The molecule has 0 N–H and O–H groups in total. The van der Waals surface area contributed by atoms with Gasteiger partial charge in [-0.1, -0.05) is 18.2 Å². The van der Waals surface area contributed by atoms with Crippen molar-refractivity contribution in [1.29, 1.82) is 0 Å². The van der Waals surface area contributed by atoms with Crippen molar-refractivity contribution in [3.63, 3.8) is 0 Å². The summed E-state index contributed by atoms with van der Waals surface area (Å²) in [4.78, 5) is 11.4. The van der Waals surface area contributed by atoms with Crippen LogP contribution in [0, 0.1) is 5.82 Å². The normalized spacial score (nSPS) is 10.3. The van der Waals surface area contributed by atoms with Crippen LogP contribution in [-0.4, -0.2) is 4.57 Å². The third-order valence-electron chi connectivity index (χ3n) is 2.31. The summed E-state index contributed by atoms with van der Waals surface area (Å²) in [5.74, 6) is -0.302. The fourth-order valence-electron chi connectivity index (χ4n) is 1.50. The molecule has 0 saturated carbocycles. The van der Waals surface area contributed by atoms with Crippen molar-refractivity contribution in [3.8, 4) is 11.3 Å². The Hall–Kier alpha value is -1.90. The first-order valence-electron chi connectivity index (χ1n) is 4.60. The second-order valence-corrected chi connectivity index (χ2v) is 3.32. The van der Waals surface area contributed by atoms with E-state index in [2.05, 4.69) is 0 Å². The fraction of sp³-hybridized carbons (Fsp3) is 0.0833. The van der Waals surface area contributed by atoms with E-state index in [0.717, 1.165) is 0 Å². The summed E-state index contributed by atoms with van der Waals surface area (Å²) in [6, 6.07) is 11.1. The minimum Gasteiger partial charge on any atom is -0.311 e. The van der Waals surface area contributed by atoms with Crippen molar-refractivity contribution < 1.29 is 4.39 Å². The summed E-state index contributed by atoms with van der Waals surface area (Å²) in [6.07, 6.45) is 0. The number of pyridine rings is 1. The van der Waals surface area contributed by atoms with Crippen LogP contribution in [0.25, 0.3) is 11.3 Å². The molecule has 0 radical (unpaired) electrons. The largest absolute Gasteiger partial charge is 0.311 e. The lowest BCUT2D eigenvalue weighted by Gasteiger charge is -2.07. The SMILES string of the molecule is Cn1c(-c2cccc(F)c2)cccc1=O. The number of aromatic nitrogens is 1. The molecule has 0 unspecified atom stereocenters. The molecule has 76 valence electrons. The third-order valence-corrected chi connectivity index (χ3v) is 2.31. The van der Waals surface area contributed by atoms with E-state index in [4.69, 9.17) is 0 Å². The highest BCUT2D eigenvalue weighted by molar-refractivity contribution is 5.59. The molecule has 0 aliphatic carbocycles. The first-order valence-corrected chi connectivity index (χ1v) is 4.60. The van der Waals surface area contributed by atoms with Gasteiger partial charge in [-0.2, -0.15) is 0 Å². The molecule has 0 amide bonds. The highest BCUT2D eigenvalue weighted by atomic mass is 19.1. The molecule has 3 heteroatoms. The molecule has 2 rings (SSSR count). The third kappa shape index (κ3) is 1.81. The summed E-state index contributed by atoms with van der Waals surface area (Å²) in [6.45, 7) is 0. The van der Waals surface area contributed by atoms with Crippen LogP contribution in [0.3, 0.4) is 0 Å². The van der Waals surface area contributed by atoms with Gasteiger partial charge in [0.05, 0.1) is 5.69 Å². The molecule has 0 atom stereocenters. The second kappa shape index (κ2) is 3.69. The van der Waals surface area contributed by atoms with Crippen molar-refractivity contribution in [2.24, 2.45) is 7.05 Å². The number of benzene rings is 1. The van der Waals surface area contributed by atoms with E-state index < -0.39 is 0 Å². The Morgan fingerprint density at radius 2 is 1.87 bits per heavy atom. The van der Waals surface area contributed by atoms with E-state index in [1.54, 1.807) is 31.3 Å². The summed E-state index contributed by atoms with van der Waals surface area (Å²) in [7, 11) is 1.67. The average molecular weight is 203 g/mol. The lowest BCUT2D eigenvalue weighted by Crippen LogP contribution is -2.16.